The average molecular weight is 441 g/mol. The average Bonchev–Trinajstić information content (AvgIpc) is 2.61. The maximum atomic E-state index is 12.5. The van der Waals surface area contributed by atoms with Crippen molar-refractivity contribution in [2.24, 2.45) is 0 Å². The van der Waals surface area contributed by atoms with Gasteiger partial charge in [-0.25, -0.2) is 9.97 Å². The Hall–Kier alpha value is -3.08. The first kappa shape index (κ1) is 18.7. The van der Waals surface area contributed by atoms with Crippen molar-refractivity contribution < 1.29 is 23.2 Å². The van der Waals surface area contributed by atoms with E-state index in [9.17, 15) is 18.9 Å². The number of benzene rings is 2. The van der Waals surface area contributed by atoms with Gasteiger partial charge in [-0.1, -0.05) is 15.9 Å². The number of halogens is 3. The molecule has 0 unspecified atom stereocenters. The number of hydrogen-bond donors (Lipinski definition) is 1. The van der Waals surface area contributed by atoms with E-state index in [1.54, 1.807) is 18.2 Å². The first-order valence-electron chi connectivity index (χ1n) is 7.37. The fourth-order valence-corrected chi connectivity index (χ4v) is 2.77. The Morgan fingerprint density at radius 1 is 1.22 bits per heavy atom. The molecule has 11 heteroatoms. The molecule has 0 fully saturated rings. The van der Waals surface area contributed by atoms with Gasteiger partial charge in [0.15, 0.2) is 0 Å². The van der Waals surface area contributed by atoms with Gasteiger partial charge in [0.05, 0.1) is 28.6 Å². The molecule has 1 aromatic heterocycles. The van der Waals surface area contributed by atoms with Crippen LogP contribution in [0.2, 0.25) is 0 Å². The van der Waals surface area contributed by atoms with Crippen LogP contribution in [0.4, 0.5) is 26.0 Å². The molecule has 0 bridgehead atoms. The largest absolute Gasteiger partial charge is 0.495 e. The molecule has 0 aliphatic heterocycles. The van der Waals surface area contributed by atoms with Gasteiger partial charge in [-0.2, -0.15) is 8.78 Å². The third-order valence-electron chi connectivity index (χ3n) is 3.54. The Kier molecular flexibility index (Phi) is 5.31. The third-order valence-corrected chi connectivity index (χ3v) is 4.04. The Labute approximate surface area is 159 Å². The van der Waals surface area contributed by atoms with Crippen molar-refractivity contribution in [1.82, 2.24) is 9.97 Å². The van der Waals surface area contributed by atoms with Crippen molar-refractivity contribution in [3.8, 4) is 11.5 Å². The highest BCUT2D eigenvalue weighted by atomic mass is 79.9. The van der Waals surface area contributed by atoms with Gasteiger partial charge in [0.25, 0.3) is 0 Å². The Morgan fingerprint density at radius 2 is 2.00 bits per heavy atom. The standard InChI is InChI=1S/C16H11BrF2N4O4/c1-26-13-3-2-8(17)4-11(13)22-15-9-5-12(23(24)25)14(27-16(18)19)6-10(9)20-7-21-15/h2-7,16H,1H3,(H,20,21,22). The van der Waals surface area contributed by atoms with Crippen LogP contribution in [0.5, 0.6) is 11.5 Å². The zero-order valence-electron chi connectivity index (χ0n) is 13.6. The molecule has 0 amide bonds. The highest BCUT2D eigenvalue weighted by Gasteiger charge is 2.22. The van der Waals surface area contributed by atoms with Crippen LogP contribution in [-0.2, 0) is 0 Å². The molecular formula is C16H11BrF2N4O4. The second kappa shape index (κ2) is 7.66. The third kappa shape index (κ3) is 4.03. The lowest BCUT2D eigenvalue weighted by atomic mass is 10.2. The molecule has 0 aliphatic carbocycles. The molecule has 3 aromatic rings. The molecule has 140 valence electrons. The SMILES string of the molecule is COc1ccc(Br)cc1Nc1ncnc2cc(OC(F)F)c([N+](=O)[O-])cc12. The number of nitro benzene ring substituents is 1. The number of nitrogens with zero attached hydrogens (tertiary/aromatic N) is 3. The fraction of sp³-hybridized carbons (Fsp3) is 0.125. The second-order valence-corrected chi connectivity index (χ2v) is 6.08. The van der Waals surface area contributed by atoms with E-state index in [1.165, 1.54) is 13.4 Å². The minimum absolute atomic E-state index is 0.197. The topological polar surface area (TPSA) is 99.4 Å². The van der Waals surface area contributed by atoms with Crippen LogP contribution >= 0.6 is 15.9 Å². The van der Waals surface area contributed by atoms with Crippen molar-refractivity contribution in [3.05, 3.63) is 51.2 Å². The Balaban J connectivity index is 2.13. The first-order chi connectivity index (χ1) is 12.9. The molecular weight excluding hydrogens is 430 g/mol. The number of alkyl halides is 2. The van der Waals surface area contributed by atoms with E-state index in [1.807, 2.05) is 0 Å². The van der Waals surface area contributed by atoms with E-state index in [0.29, 0.717) is 11.4 Å². The van der Waals surface area contributed by atoms with Crippen molar-refractivity contribution in [2.75, 3.05) is 12.4 Å². The minimum Gasteiger partial charge on any atom is -0.495 e. The summed E-state index contributed by atoms with van der Waals surface area (Å²) in [6.07, 6.45) is 1.20. The van der Waals surface area contributed by atoms with Gasteiger partial charge in [0, 0.05) is 16.6 Å². The van der Waals surface area contributed by atoms with Crippen LogP contribution in [0.25, 0.3) is 10.9 Å². The monoisotopic (exact) mass is 440 g/mol. The highest BCUT2D eigenvalue weighted by molar-refractivity contribution is 9.10. The summed E-state index contributed by atoms with van der Waals surface area (Å²) < 4.78 is 35.4. The molecule has 0 atom stereocenters. The fourth-order valence-electron chi connectivity index (χ4n) is 2.41. The van der Waals surface area contributed by atoms with Crippen molar-refractivity contribution in [3.63, 3.8) is 0 Å². The normalized spacial score (nSPS) is 10.9. The van der Waals surface area contributed by atoms with Crippen LogP contribution in [0.15, 0.2) is 41.1 Å². The molecule has 8 nitrogen and oxygen atoms in total. The van der Waals surface area contributed by atoms with Gasteiger partial charge in [0.1, 0.15) is 17.9 Å². The molecule has 1 heterocycles. The number of anilines is 2. The first-order valence-corrected chi connectivity index (χ1v) is 8.17. The maximum absolute atomic E-state index is 12.5. The van der Waals surface area contributed by atoms with Crippen LogP contribution in [0.3, 0.4) is 0 Å². The van der Waals surface area contributed by atoms with Crippen LogP contribution < -0.4 is 14.8 Å². The van der Waals surface area contributed by atoms with Gasteiger partial charge in [-0.15, -0.1) is 0 Å². The highest BCUT2D eigenvalue weighted by Crippen LogP contribution is 2.37. The molecule has 0 saturated heterocycles. The molecule has 27 heavy (non-hydrogen) atoms. The summed E-state index contributed by atoms with van der Waals surface area (Å²) in [6.45, 7) is -3.20. The van der Waals surface area contributed by atoms with Gasteiger partial charge in [-0.3, -0.25) is 10.1 Å². The molecule has 1 N–H and O–H groups in total. The predicted octanol–water partition coefficient (Wildman–Crippen LogP) is 4.65. The Bertz CT molecular complexity index is 1020. The quantitative estimate of drug-likeness (QED) is 0.439. The summed E-state index contributed by atoms with van der Waals surface area (Å²) in [6, 6.07) is 7.38. The molecule has 3 rings (SSSR count). The predicted molar refractivity (Wildman–Crippen MR) is 96.8 cm³/mol. The second-order valence-electron chi connectivity index (χ2n) is 5.16. The van der Waals surface area contributed by atoms with E-state index in [2.05, 4.69) is 36.0 Å². The summed E-state index contributed by atoms with van der Waals surface area (Å²) in [7, 11) is 1.49. The summed E-state index contributed by atoms with van der Waals surface area (Å²) in [5.74, 6) is 0.174. The number of nitrogens with one attached hydrogen (secondary N) is 1. The van der Waals surface area contributed by atoms with E-state index >= 15 is 0 Å². The van der Waals surface area contributed by atoms with Crippen LogP contribution in [-0.4, -0.2) is 28.6 Å². The van der Waals surface area contributed by atoms with Gasteiger partial charge in [0.2, 0.25) is 5.75 Å². The molecule has 2 aromatic carbocycles. The number of fused-ring (bicyclic) bond motifs is 1. The van der Waals surface area contributed by atoms with E-state index in [-0.39, 0.29) is 16.7 Å². The lowest BCUT2D eigenvalue weighted by Gasteiger charge is -2.13. The molecule has 0 radical (unpaired) electrons. The number of nitro groups is 1. The van der Waals surface area contributed by atoms with Crippen LogP contribution in [0.1, 0.15) is 0 Å². The van der Waals surface area contributed by atoms with Crippen molar-refractivity contribution >= 4 is 44.0 Å². The smallest absolute Gasteiger partial charge is 0.387 e. The number of aromatic nitrogens is 2. The summed E-state index contributed by atoms with van der Waals surface area (Å²) in [5.41, 5.74) is 0.118. The number of methoxy groups -OCH3 is 1. The Morgan fingerprint density at radius 3 is 2.67 bits per heavy atom. The van der Waals surface area contributed by atoms with Gasteiger partial charge >= 0.3 is 12.3 Å². The lowest BCUT2D eigenvalue weighted by Crippen LogP contribution is -2.05. The molecule has 0 aliphatic rings. The maximum Gasteiger partial charge on any atom is 0.387 e. The van der Waals surface area contributed by atoms with Gasteiger partial charge in [-0.05, 0) is 18.2 Å². The lowest BCUT2D eigenvalue weighted by molar-refractivity contribution is -0.386. The summed E-state index contributed by atoms with van der Waals surface area (Å²) in [4.78, 5) is 18.5. The van der Waals surface area contributed by atoms with Crippen molar-refractivity contribution in [1.29, 1.82) is 0 Å². The summed E-state index contributed by atoms with van der Waals surface area (Å²) >= 11 is 3.35. The van der Waals surface area contributed by atoms with E-state index < -0.39 is 23.0 Å². The zero-order chi connectivity index (χ0) is 19.6. The molecule has 0 saturated carbocycles. The van der Waals surface area contributed by atoms with E-state index in [4.69, 9.17) is 4.74 Å². The zero-order valence-corrected chi connectivity index (χ0v) is 15.2. The van der Waals surface area contributed by atoms with Crippen LogP contribution in [0, 0.1) is 10.1 Å². The minimum atomic E-state index is -3.20. The van der Waals surface area contributed by atoms with Crippen molar-refractivity contribution in [2.45, 2.75) is 6.61 Å². The number of hydrogen-bond acceptors (Lipinski definition) is 7. The van der Waals surface area contributed by atoms with Gasteiger partial charge < -0.3 is 14.8 Å². The molecule has 0 spiro atoms. The number of rotatable bonds is 6. The number of ether oxygens (including phenoxy) is 2. The summed E-state index contributed by atoms with van der Waals surface area (Å²) in [5, 5.41) is 14.5. The van der Waals surface area contributed by atoms with E-state index in [0.717, 1.165) is 16.6 Å².